The topological polar surface area (TPSA) is 93.2 Å². The SMILES string of the molecule is COC(=O)c1cc(N2CCCN(Cc3cn4cc(Cl)ccc4n3)CC2)ccc1[N+](=O)[O-]. The number of pyridine rings is 1. The highest BCUT2D eigenvalue weighted by Gasteiger charge is 2.24. The summed E-state index contributed by atoms with van der Waals surface area (Å²) in [5.74, 6) is -0.711. The first-order valence-corrected chi connectivity index (χ1v) is 10.3. The summed E-state index contributed by atoms with van der Waals surface area (Å²) >= 11 is 6.05. The molecule has 1 aliphatic heterocycles. The summed E-state index contributed by atoms with van der Waals surface area (Å²) < 4.78 is 6.65. The number of carbonyl (C=O) groups is 1. The van der Waals surface area contributed by atoms with Crippen LogP contribution in [0.3, 0.4) is 0 Å². The average Bonchev–Trinajstić information content (AvgIpc) is 3.00. The van der Waals surface area contributed by atoms with Crippen molar-refractivity contribution < 1.29 is 14.5 Å². The Balaban J connectivity index is 1.47. The van der Waals surface area contributed by atoms with E-state index in [1.165, 1.54) is 13.2 Å². The molecule has 10 heteroatoms. The van der Waals surface area contributed by atoms with Crippen LogP contribution in [0.4, 0.5) is 11.4 Å². The number of methoxy groups -OCH3 is 1. The van der Waals surface area contributed by atoms with E-state index in [4.69, 9.17) is 16.3 Å². The van der Waals surface area contributed by atoms with Gasteiger partial charge in [-0.05, 0) is 30.7 Å². The molecule has 4 rings (SSSR count). The van der Waals surface area contributed by atoms with Crippen molar-refractivity contribution in [2.45, 2.75) is 13.0 Å². The number of hydrogen-bond donors (Lipinski definition) is 0. The summed E-state index contributed by atoms with van der Waals surface area (Å²) in [4.78, 5) is 31.8. The van der Waals surface area contributed by atoms with Crippen molar-refractivity contribution in [3.8, 4) is 0 Å². The van der Waals surface area contributed by atoms with E-state index in [0.29, 0.717) is 5.02 Å². The molecule has 0 amide bonds. The Labute approximate surface area is 183 Å². The van der Waals surface area contributed by atoms with E-state index in [1.54, 1.807) is 12.1 Å². The number of carbonyl (C=O) groups excluding carboxylic acids is 1. The lowest BCUT2D eigenvalue weighted by atomic mass is 10.1. The van der Waals surface area contributed by atoms with Gasteiger partial charge in [-0.25, -0.2) is 9.78 Å². The fraction of sp³-hybridized carbons (Fsp3) is 0.333. The predicted molar refractivity (Wildman–Crippen MR) is 117 cm³/mol. The number of fused-ring (bicyclic) bond motifs is 1. The van der Waals surface area contributed by atoms with Crippen molar-refractivity contribution in [2.75, 3.05) is 38.2 Å². The number of aromatic nitrogens is 2. The number of halogens is 1. The van der Waals surface area contributed by atoms with Gasteiger partial charge in [0.25, 0.3) is 5.69 Å². The molecule has 1 aliphatic rings. The molecule has 31 heavy (non-hydrogen) atoms. The summed E-state index contributed by atoms with van der Waals surface area (Å²) in [6, 6.07) is 8.32. The fourth-order valence-electron chi connectivity index (χ4n) is 3.86. The first kappa shape index (κ1) is 21.1. The zero-order valence-corrected chi connectivity index (χ0v) is 17.8. The number of hydrogen-bond acceptors (Lipinski definition) is 7. The second kappa shape index (κ2) is 8.91. The van der Waals surface area contributed by atoms with Crippen LogP contribution in [0.2, 0.25) is 5.02 Å². The lowest BCUT2D eigenvalue weighted by Gasteiger charge is -2.23. The maximum absolute atomic E-state index is 12.0. The Morgan fingerprint density at radius 1 is 1.19 bits per heavy atom. The fourth-order valence-corrected chi connectivity index (χ4v) is 4.03. The van der Waals surface area contributed by atoms with Gasteiger partial charge in [-0.3, -0.25) is 15.0 Å². The summed E-state index contributed by atoms with van der Waals surface area (Å²) in [6.07, 6.45) is 4.75. The molecular formula is C21H22ClN5O4. The number of ether oxygens (including phenoxy) is 1. The number of nitro groups is 1. The monoisotopic (exact) mass is 443 g/mol. The Bertz CT molecular complexity index is 1130. The number of nitro benzene ring substituents is 1. The van der Waals surface area contributed by atoms with Gasteiger partial charge in [-0.1, -0.05) is 11.6 Å². The first-order chi connectivity index (χ1) is 14.9. The van der Waals surface area contributed by atoms with E-state index >= 15 is 0 Å². The molecule has 1 fully saturated rings. The van der Waals surface area contributed by atoms with Crippen molar-refractivity contribution in [3.63, 3.8) is 0 Å². The molecular weight excluding hydrogens is 422 g/mol. The number of esters is 1. The van der Waals surface area contributed by atoms with Gasteiger partial charge in [0.2, 0.25) is 0 Å². The van der Waals surface area contributed by atoms with E-state index in [9.17, 15) is 14.9 Å². The molecule has 9 nitrogen and oxygen atoms in total. The molecule has 3 aromatic rings. The Morgan fingerprint density at radius 2 is 2.03 bits per heavy atom. The van der Waals surface area contributed by atoms with E-state index in [1.807, 2.05) is 28.9 Å². The number of rotatable bonds is 5. The molecule has 0 aliphatic carbocycles. The summed E-state index contributed by atoms with van der Waals surface area (Å²) in [5, 5.41) is 11.9. The molecule has 0 N–H and O–H groups in total. The molecule has 1 saturated heterocycles. The van der Waals surface area contributed by atoms with E-state index < -0.39 is 10.9 Å². The van der Waals surface area contributed by atoms with E-state index in [-0.39, 0.29) is 11.3 Å². The smallest absolute Gasteiger partial charge is 0.344 e. The van der Waals surface area contributed by atoms with Gasteiger partial charge in [0.05, 0.1) is 22.7 Å². The maximum Gasteiger partial charge on any atom is 0.344 e. The van der Waals surface area contributed by atoms with Gasteiger partial charge in [0.1, 0.15) is 11.2 Å². The highest BCUT2D eigenvalue weighted by molar-refractivity contribution is 6.30. The van der Waals surface area contributed by atoms with Crippen LogP contribution in [0.15, 0.2) is 42.7 Å². The average molecular weight is 444 g/mol. The molecule has 0 saturated carbocycles. The molecule has 1 aromatic carbocycles. The molecule has 2 aromatic heterocycles. The third-order valence-electron chi connectivity index (χ3n) is 5.39. The van der Waals surface area contributed by atoms with Gasteiger partial charge >= 0.3 is 5.97 Å². The van der Waals surface area contributed by atoms with Crippen molar-refractivity contribution in [1.82, 2.24) is 14.3 Å². The van der Waals surface area contributed by atoms with Crippen LogP contribution in [-0.2, 0) is 11.3 Å². The minimum Gasteiger partial charge on any atom is -0.465 e. The molecule has 162 valence electrons. The molecule has 0 atom stereocenters. The lowest BCUT2D eigenvalue weighted by molar-refractivity contribution is -0.385. The molecule has 0 unspecified atom stereocenters. The van der Waals surface area contributed by atoms with Gasteiger partial charge in [-0.2, -0.15) is 0 Å². The van der Waals surface area contributed by atoms with Crippen LogP contribution in [0.5, 0.6) is 0 Å². The van der Waals surface area contributed by atoms with Crippen LogP contribution >= 0.6 is 11.6 Å². The summed E-state index contributed by atoms with van der Waals surface area (Å²) in [6.45, 7) is 3.95. The van der Waals surface area contributed by atoms with Crippen LogP contribution in [-0.4, -0.2) is 58.5 Å². The largest absolute Gasteiger partial charge is 0.465 e. The molecule has 0 bridgehead atoms. The van der Waals surface area contributed by atoms with E-state index in [2.05, 4.69) is 14.8 Å². The van der Waals surface area contributed by atoms with Crippen LogP contribution in [0, 0.1) is 10.1 Å². The first-order valence-electron chi connectivity index (χ1n) is 9.92. The van der Waals surface area contributed by atoms with Gasteiger partial charge in [0.15, 0.2) is 0 Å². The molecule has 0 spiro atoms. The zero-order chi connectivity index (χ0) is 22.0. The third-order valence-corrected chi connectivity index (χ3v) is 5.61. The minimum absolute atomic E-state index is 0.0329. The summed E-state index contributed by atoms with van der Waals surface area (Å²) in [7, 11) is 1.22. The van der Waals surface area contributed by atoms with Crippen LogP contribution in [0.25, 0.3) is 5.65 Å². The summed E-state index contributed by atoms with van der Waals surface area (Å²) in [5.41, 5.74) is 2.32. The van der Waals surface area contributed by atoms with Crippen molar-refractivity contribution >= 4 is 34.6 Å². The zero-order valence-electron chi connectivity index (χ0n) is 17.0. The Hall–Kier alpha value is -3.17. The van der Waals surface area contributed by atoms with E-state index in [0.717, 1.165) is 56.2 Å². The number of anilines is 1. The number of nitrogens with zero attached hydrogens (tertiary/aromatic N) is 5. The van der Waals surface area contributed by atoms with Gasteiger partial charge in [-0.15, -0.1) is 0 Å². The van der Waals surface area contributed by atoms with Crippen molar-refractivity contribution in [2.24, 2.45) is 0 Å². The van der Waals surface area contributed by atoms with Crippen molar-refractivity contribution in [3.05, 3.63) is 69.1 Å². The number of imidazole rings is 1. The quantitative estimate of drug-likeness (QED) is 0.339. The third kappa shape index (κ3) is 4.62. The minimum atomic E-state index is -0.711. The highest BCUT2D eigenvalue weighted by atomic mass is 35.5. The maximum atomic E-state index is 12.0. The standard InChI is InChI=1S/C21H22ClN5O4/c1-31-21(28)18-11-17(4-5-19(18)27(29)30)25-8-2-7-24(9-10-25)13-16-14-26-12-15(22)3-6-20(26)23-16/h3-6,11-12,14H,2,7-10,13H2,1H3. The van der Waals surface area contributed by atoms with Gasteiger partial charge < -0.3 is 14.0 Å². The molecule has 3 heterocycles. The van der Waals surface area contributed by atoms with Crippen LogP contribution < -0.4 is 4.90 Å². The van der Waals surface area contributed by atoms with Crippen molar-refractivity contribution in [1.29, 1.82) is 0 Å². The van der Waals surface area contributed by atoms with Gasteiger partial charge in [0, 0.05) is 56.9 Å². The Kier molecular flexibility index (Phi) is 6.06. The lowest BCUT2D eigenvalue weighted by Crippen LogP contribution is -2.30. The number of benzene rings is 1. The Morgan fingerprint density at radius 3 is 2.81 bits per heavy atom. The highest BCUT2D eigenvalue weighted by Crippen LogP contribution is 2.27. The second-order valence-electron chi connectivity index (χ2n) is 7.41. The predicted octanol–water partition coefficient (Wildman–Crippen LogP) is 3.39. The second-order valence-corrected chi connectivity index (χ2v) is 7.85. The normalized spacial score (nSPS) is 15.1. The van der Waals surface area contributed by atoms with Crippen LogP contribution in [0.1, 0.15) is 22.5 Å². The molecule has 0 radical (unpaired) electrons.